The molecule has 7 heteroatoms. The lowest BCUT2D eigenvalue weighted by atomic mass is 9.10. The van der Waals surface area contributed by atoms with Crippen molar-refractivity contribution in [2.45, 2.75) is 64.7 Å². The Morgan fingerprint density at radius 3 is 1.83 bits per heavy atom. The lowest BCUT2D eigenvalue weighted by molar-refractivity contribution is -0.665. The summed E-state index contributed by atoms with van der Waals surface area (Å²) in [5, 5.41) is 22.1. The number of allylic oxidation sites excluding steroid dienone is 2. The Labute approximate surface area is 317 Å². The number of fused-ring (bicyclic) bond motifs is 2. The molecule has 0 fully saturated rings. The number of thioether (sulfide) groups is 1. The molecule has 4 nitrogen and oxygen atoms in total. The van der Waals surface area contributed by atoms with Gasteiger partial charge in [0.15, 0.2) is 0 Å². The van der Waals surface area contributed by atoms with Crippen molar-refractivity contribution in [2.75, 3.05) is 11.4 Å². The van der Waals surface area contributed by atoms with Crippen LogP contribution in [0.25, 0.3) is 16.3 Å². The molecule has 1 aliphatic heterocycles. The SMILES string of the molecule is CCC(/C=C1\Sc2ccc(O)cc2N1CC)=C\c1sc2ccc(O)cc2[n+]1CC.CCC(C)[B-](c1ccccc1)(c1ccccc1)c1ccccc1. The number of aromatic hydroxyl groups is 2. The summed E-state index contributed by atoms with van der Waals surface area (Å²) in [4.78, 5) is 3.42. The molecule has 7 rings (SSSR count). The van der Waals surface area contributed by atoms with E-state index in [1.165, 1.54) is 41.6 Å². The fraction of sp³-hybridized carbons (Fsp3) is 0.222. The molecule has 1 atom stereocenters. The largest absolute Gasteiger partial charge is 0.508 e. The molecule has 5 aromatic carbocycles. The van der Waals surface area contributed by atoms with Gasteiger partial charge in [0.2, 0.25) is 5.52 Å². The first-order chi connectivity index (χ1) is 25.3. The average molecular weight is 725 g/mol. The van der Waals surface area contributed by atoms with Crippen molar-refractivity contribution >= 4 is 67.6 Å². The third kappa shape index (κ3) is 7.44. The van der Waals surface area contributed by atoms with Crippen LogP contribution in [-0.2, 0) is 6.54 Å². The van der Waals surface area contributed by atoms with Crippen LogP contribution in [0.3, 0.4) is 0 Å². The number of phenolic OH excluding ortho intramolecular Hbond substituents is 2. The summed E-state index contributed by atoms with van der Waals surface area (Å²) < 4.78 is 3.42. The number of aryl methyl sites for hydroxylation is 1. The van der Waals surface area contributed by atoms with Crippen molar-refractivity contribution in [2.24, 2.45) is 0 Å². The third-order valence-corrected chi connectivity index (χ3v) is 12.8. The highest BCUT2D eigenvalue weighted by molar-refractivity contribution is 8.03. The Kier molecular flexibility index (Phi) is 11.9. The van der Waals surface area contributed by atoms with Gasteiger partial charge in [-0.1, -0.05) is 141 Å². The van der Waals surface area contributed by atoms with E-state index >= 15 is 0 Å². The summed E-state index contributed by atoms with van der Waals surface area (Å²) in [7, 11) is 0. The molecule has 6 aromatic rings. The number of anilines is 1. The average Bonchev–Trinajstić information content (AvgIpc) is 3.71. The predicted octanol–water partition coefficient (Wildman–Crippen LogP) is 9.84. The molecule has 1 aliphatic rings. The minimum Gasteiger partial charge on any atom is -0.508 e. The Balaban J connectivity index is 0.000000183. The maximum atomic E-state index is 9.88. The van der Waals surface area contributed by atoms with E-state index in [2.05, 4.69) is 147 Å². The summed E-state index contributed by atoms with van der Waals surface area (Å²) in [5.74, 6) is 1.16. The van der Waals surface area contributed by atoms with E-state index in [9.17, 15) is 10.2 Å². The van der Waals surface area contributed by atoms with Crippen LogP contribution in [-0.4, -0.2) is 22.9 Å². The fourth-order valence-electron chi connectivity index (χ4n) is 7.80. The summed E-state index contributed by atoms with van der Waals surface area (Å²) >= 11 is 3.49. The van der Waals surface area contributed by atoms with Crippen LogP contribution in [0.15, 0.2) is 149 Å². The summed E-state index contributed by atoms with van der Waals surface area (Å²) in [6.45, 7) is 12.8. The molecule has 0 spiro atoms. The molecular formula is C45H49BN2O2S2. The Bertz CT molecular complexity index is 2070. The zero-order chi connectivity index (χ0) is 36.7. The first-order valence-electron chi connectivity index (χ1n) is 18.5. The number of phenols is 2. The van der Waals surface area contributed by atoms with Gasteiger partial charge in [0.05, 0.1) is 22.9 Å². The van der Waals surface area contributed by atoms with E-state index in [-0.39, 0.29) is 0 Å². The maximum absolute atomic E-state index is 9.88. The van der Waals surface area contributed by atoms with Crippen LogP contribution in [0, 0.1) is 0 Å². The van der Waals surface area contributed by atoms with Gasteiger partial charge < -0.3 is 15.1 Å². The van der Waals surface area contributed by atoms with Gasteiger partial charge in [0.25, 0.3) is 5.01 Å². The van der Waals surface area contributed by atoms with Crippen molar-refractivity contribution in [3.63, 3.8) is 0 Å². The van der Waals surface area contributed by atoms with E-state index in [0.717, 1.165) is 37.1 Å². The number of rotatable bonds is 10. The van der Waals surface area contributed by atoms with Gasteiger partial charge in [0.1, 0.15) is 22.7 Å². The molecule has 0 radical (unpaired) electrons. The normalized spacial score (nSPS) is 14.3. The number of benzene rings is 5. The highest BCUT2D eigenvalue weighted by atomic mass is 32.2. The van der Waals surface area contributed by atoms with Crippen LogP contribution >= 0.6 is 23.1 Å². The molecule has 0 aliphatic carbocycles. The Morgan fingerprint density at radius 2 is 1.31 bits per heavy atom. The molecule has 0 saturated heterocycles. The zero-order valence-electron chi connectivity index (χ0n) is 30.9. The van der Waals surface area contributed by atoms with Gasteiger partial charge in [0, 0.05) is 23.6 Å². The topological polar surface area (TPSA) is 47.6 Å². The van der Waals surface area contributed by atoms with Gasteiger partial charge >= 0.3 is 0 Å². The highest BCUT2D eigenvalue weighted by Gasteiger charge is 2.34. The molecule has 52 heavy (non-hydrogen) atoms. The molecule has 2 N–H and O–H groups in total. The molecule has 266 valence electrons. The van der Waals surface area contributed by atoms with Crippen LogP contribution in [0.1, 0.15) is 52.5 Å². The quantitative estimate of drug-likeness (QED) is 0.109. The van der Waals surface area contributed by atoms with Gasteiger partial charge in [-0.3, -0.25) is 0 Å². The van der Waals surface area contributed by atoms with Crippen molar-refractivity contribution in [3.05, 3.63) is 149 Å². The first kappa shape index (κ1) is 37.1. The van der Waals surface area contributed by atoms with Crippen molar-refractivity contribution in [1.82, 2.24) is 0 Å². The van der Waals surface area contributed by atoms with Gasteiger partial charge in [-0.25, -0.2) is 0 Å². The van der Waals surface area contributed by atoms with E-state index in [4.69, 9.17) is 0 Å². The molecular weight excluding hydrogens is 675 g/mol. The molecule has 0 bridgehead atoms. The van der Waals surface area contributed by atoms with Crippen molar-refractivity contribution in [3.8, 4) is 11.5 Å². The standard InChI is InChI=1S/C23H24N2O2S2.C22H24B/c1-4-15(11-22-24(5-2)18-13-16(26)7-9-20(18)28-22)12-23-25(6-3)19-14-17(27)8-10-21(19)29-23;1-3-19(2)23(20-13-7-4-8-14-20,21-15-9-5-10-16-21)22-17-11-6-12-18-22/h7-14H,4-6H2,1-3H3,(H-,26,27);4-19H,3H2,1-2H3/q;-1/p+1. The Hall–Kier alpha value is -4.72. The minimum absolute atomic E-state index is 0.299. The van der Waals surface area contributed by atoms with E-state index in [0.29, 0.717) is 17.3 Å². The van der Waals surface area contributed by atoms with Crippen LogP contribution < -0.4 is 25.9 Å². The molecule has 0 saturated carbocycles. The maximum Gasteiger partial charge on any atom is 0.263 e. The third-order valence-electron chi connectivity index (χ3n) is 10.6. The summed E-state index contributed by atoms with van der Waals surface area (Å²) in [6, 6.07) is 44.2. The molecule has 2 heterocycles. The number of thiazole rings is 1. The number of aromatic nitrogens is 1. The highest BCUT2D eigenvalue weighted by Crippen LogP contribution is 2.47. The smallest absolute Gasteiger partial charge is 0.263 e. The summed E-state index contributed by atoms with van der Waals surface area (Å²) in [5.41, 5.74) is 7.68. The number of hydrogen-bond donors (Lipinski definition) is 2. The molecule has 1 unspecified atom stereocenters. The second kappa shape index (κ2) is 16.7. The second-order valence-corrected chi connectivity index (χ2v) is 15.6. The summed E-state index contributed by atoms with van der Waals surface area (Å²) in [6.07, 6.45) is 5.61. The van der Waals surface area contributed by atoms with Gasteiger partial charge in [-0.05, 0) is 56.2 Å². The number of hydrogen-bond acceptors (Lipinski definition) is 5. The van der Waals surface area contributed by atoms with Crippen molar-refractivity contribution < 1.29 is 14.8 Å². The van der Waals surface area contributed by atoms with Crippen molar-refractivity contribution in [1.29, 1.82) is 0 Å². The lowest BCUT2D eigenvalue weighted by Crippen LogP contribution is -2.69. The predicted molar refractivity (Wildman–Crippen MR) is 226 cm³/mol. The van der Waals surface area contributed by atoms with Crippen LogP contribution in [0.4, 0.5) is 5.69 Å². The first-order valence-corrected chi connectivity index (χ1v) is 20.2. The second-order valence-electron chi connectivity index (χ2n) is 13.4. The zero-order valence-corrected chi connectivity index (χ0v) is 32.5. The van der Waals surface area contributed by atoms with E-state index in [1.54, 1.807) is 35.2 Å². The Morgan fingerprint density at radius 1 is 0.750 bits per heavy atom. The van der Waals surface area contributed by atoms with E-state index in [1.807, 2.05) is 24.3 Å². The van der Waals surface area contributed by atoms with Gasteiger partial charge in [-0.15, -0.1) is 0 Å². The van der Waals surface area contributed by atoms with E-state index < -0.39 is 6.15 Å². The van der Waals surface area contributed by atoms with Crippen LogP contribution in [0.2, 0.25) is 5.82 Å². The van der Waals surface area contributed by atoms with Gasteiger partial charge in [-0.2, -0.15) is 26.8 Å². The lowest BCUT2D eigenvalue weighted by Gasteiger charge is -2.48. The fourth-order valence-corrected chi connectivity index (χ4v) is 10.2. The molecule has 0 amide bonds. The van der Waals surface area contributed by atoms with Crippen LogP contribution in [0.5, 0.6) is 11.5 Å². The molecule has 1 aromatic heterocycles. The number of nitrogens with zero attached hydrogens (tertiary/aromatic N) is 2. The minimum atomic E-state index is -0.974. The monoisotopic (exact) mass is 724 g/mol.